The van der Waals surface area contributed by atoms with E-state index >= 15 is 0 Å². The van der Waals surface area contributed by atoms with Gasteiger partial charge in [-0.25, -0.2) is 0 Å². The van der Waals surface area contributed by atoms with Gasteiger partial charge in [-0.05, 0) is 25.0 Å². The maximum atomic E-state index is 5.79. The molecule has 1 aromatic heterocycles. The smallest absolute Gasteiger partial charge is 0.176 e. The number of benzene rings is 1. The van der Waals surface area contributed by atoms with E-state index in [2.05, 4.69) is 12.1 Å². The lowest BCUT2D eigenvalue weighted by Gasteiger charge is -1.98. The molecule has 0 N–H and O–H groups in total. The van der Waals surface area contributed by atoms with Crippen LogP contribution < -0.4 is 4.74 Å². The zero-order valence-corrected chi connectivity index (χ0v) is 8.12. The quantitative estimate of drug-likeness (QED) is 0.721. The zero-order valence-electron chi connectivity index (χ0n) is 8.12. The maximum Gasteiger partial charge on any atom is 0.176 e. The van der Waals surface area contributed by atoms with Gasteiger partial charge in [0, 0.05) is 11.3 Å². The predicted octanol–water partition coefficient (Wildman–Crippen LogP) is 3.32. The Labute approximate surface area is 82.5 Å². The summed E-state index contributed by atoms with van der Waals surface area (Å²) >= 11 is 0. The third-order valence-corrected chi connectivity index (χ3v) is 2.73. The van der Waals surface area contributed by atoms with Gasteiger partial charge in [0.2, 0.25) is 0 Å². The molecule has 1 aromatic carbocycles. The van der Waals surface area contributed by atoms with E-state index < -0.39 is 0 Å². The summed E-state index contributed by atoms with van der Waals surface area (Å²) in [5.41, 5.74) is 0.886. The first-order valence-corrected chi connectivity index (χ1v) is 4.95. The van der Waals surface area contributed by atoms with Gasteiger partial charge in [0.1, 0.15) is 5.76 Å². The Hall–Kier alpha value is -1.44. The number of ether oxygens (including phenoxy) is 1. The summed E-state index contributed by atoms with van der Waals surface area (Å²) < 4.78 is 11.0. The average molecular weight is 188 g/mol. The van der Waals surface area contributed by atoms with E-state index in [1.54, 1.807) is 7.11 Å². The van der Waals surface area contributed by atoms with Crippen molar-refractivity contribution in [3.05, 3.63) is 30.0 Å². The molecule has 0 saturated heterocycles. The van der Waals surface area contributed by atoms with Crippen LogP contribution in [0.2, 0.25) is 0 Å². The highest BCUT2D eigenvalue weighted by atomic mass is 16.5. The van der Waals surface area contributed by atoms with E-state index in [0.717, 1.165) is 22.5 Å². The molecule has 0 bridgehead atoms. The Bertz CT molecular complexity index is 466. The Morgan fingerprint density at radius 1 is 1.36 bits per heavy atom. The highest BCUT2D eigenvalue weighted by Gasteiger charge is 2.27. The minimum atomic E-state index is 0.659. The molecule has 72 valence electrons. The Balaban J connectivity index is 2.20. The van der Waals surface area contributed by atoms with E-state index in [-0.39, 0.29) is 0 Å². The summed E-state index contributed by atoms with van der Waals surface area (Å²) in [4.78, 5) is 0. The third kappa shape index (κ3) is 1.10. The average Bonchev–Trinajstić information content (AvgIpc) is 2.97. The molecular weight excluding hydrogens is 176 g/mol. The molecule has 2 heteroatoms. The molecule has 2 nitrogen and oxygen atoms in total. The minimum Gasteiger partial charge on any atom is -0.493 e. The number of hydrogen-bond donors (Lipinski definition) is 0. The molecule has 0 unspecified atom stereocenters. The Kier molecular flexibility index (Phi) is 1.57. The molecule has 0 aliphatic heterocycles. The van der Waals surface area contributed by atoms with E-state index in [9.17, 15) is 0 Å². The third-order valence-electron chi connectivity index (χ3n) is 2.73. The molecule has 1 fully saturated rings. The van der Waals surface area contributed by atoms with Gasteiger partial charge < -0.3 is 9.15 Å². The van der Waals surface area contributed by atoms with E-state index in [0.29, 0.717) is 5.92 Å². The van der Waals surface area contributed by atoms with Gasteiger partial charge in [-0.15, -0.1) is 0 Å². The second-order valence-electron chi connectivity index (χ2n) is 3.80. The molecule has 2 aromatic rings. The summed E-state index contributed by atoms with van der Waals surface area (Å²) in [6.45, 7) is 0. The fraction of sp³-hybridized carbons (Fsp3) is 0.333. The number of hydrogen-bond acceptors (Lipinski definition) is 2. The summed E-state index contributed by atoms with van der Waals surface area (Å²) in [5.74, 6) is 2.60. The van der Waals surface area contributed by atoms with Crippen molar-refractivity contribution < 1.29 is 9.15 Å². The number of rotatable bonds is 2. The van der Waals surface area contributed by atoms with Crippen LogP contribution in [0, 0.1) is 0 Å². The molecule has 0 radical (unpaired) electrons. The maximum absolute atomic E-state index is 5.79. The number of furan rings is 1. The van der Waals surface area contributed by atoms with Crippen LogP contribution in [0.15, 0.2) is 28.7 Å². The van der Waals surface area contributed by atoms with E-state index in [1.807, 2.05) is 12.1 Å². The predicted molar refractivity (Wildman–Crippen MR) is 54.7 cm³/mol. The second kappa shape index (κ2) is 2.77. The zero-order chi connectivity index (χ0) is 9.54. The normalized spacial score (nSPS) is 16.1. The van der Waals surface area contributed by atoms with E-state index in [4.69, 9.17) is 9.15 Å². The van der Waals surface area contributed by atoms with E-state index in [1.165, 1.54) is 12.8 Å². The monoisotopic (exact) mass is 188 g/mol. The van der Waals surface area contributed by atoms with Crippen molar-refractivity contribution in [1.29, 1.82) is 0 Å². The minimum absolute atomic E-state index is 0.659. The Morgan fingerprint density at radius 2 is 2.21 bits per heavy atom. The summed E-state index contributed by atoms with van der Waals surface area (Å²) in [6.07, 6.45) is 2.53. The molecule has 1 heterocycles. The van der Waals surface area contributed by atoms with Crippen molar-refractivity contribution >= 4 is 11.0 Å². The fourth-order valence-electron chi connectivity index (χ4n) is 1.79. The van der Waals surface area contributed by atoms with Crippen molar-refractivity contribution in [2.24, 2.45) is 0 Å². The Morgan fingerprint density at radius 3 is 2.93 bits per heavy atom. The first-order chi connectivity index (χ1) is 6.88. The first kappa shape index (κ1) is 7.92. The van der Waals surface area contributed by atoms with Gasteiger partial charge in [-0.3, -0.25) is 0 Å². The number of methoxy groups -OCH3 is 1. The fourth-order valence-corrected chi connectivity index (χ4v) is 1.79. The topological polar surface area (TPSA) is 22.4 Å². The standard InChI is InChI=1S/C12H12O2/c1-13-10-4-2-3-9-7-11(8-5-6-8)14-12(9)10/h2-4,7-8H,5-6H2,1H3. The van der Waals surface area contributed by atoms with Crippen LogP contribution in [0.3, 0.4) is 0 Å². The highest BCUT2D eigenvalue weighted by molar-refractivity contribution is 5.83. The van der Waals surface area contributed by atoms with Crippen LogP contribution in [-0.4, -0.2) is 7.11 Å². The van der Waals surface area contributed by atoms with Crippen LogP contribution in [0.1, 0.15) is 24.5 Å². The molecular formula is C12H12O2. The number of fused-ring (bicyclic) bond motifs is 1. The van der Waals surface area contributed by atoms with Crippen LogP contribution >= 0.6 is 0 Å². The molecule has 0 atom stereocenters. The van der Waals surface area contributed by atoms with Crippen LogP contribution in [0.25, 0.3) is 11.0 Å². The first-order valence-electron chi connectivity index (χ1n) is 4.95. The molecule has 0 amide bonds. The van der Waals surface area contributed by atoms with Gasteiger partial charge in [-0.2, -0.15) is 0 Å². The van der Waals surface area contributed by atoms with Crippen molar-refractivity contribution in [2.45, 2.75) is 18.8 Å². The summed E-state index contributed by atoms with van der Waals surface area (Å²) in [6, 6.07) is 8.12. The lowest BCUT2D eigenvalue weighted by Crippen LogP contribution is -1.81. The van der Waals surface area contributed by atoms with Crippen molar-refractivity contribution in [3.8, 4) is 5.75 Å². The summed E-state index contributed by atoms with van der Waals surface area (Å²) in [5, 5.41) is 1.14. The van der Waals surface area contributed by atoms with Gasteiger partial charge >= 0.3 is 0 Å². The molecule has 14 heavy (non-hydrogen) atoms. The van der Waals surface area contributed by atoms with Crippen LogP contribution in [0.4, 0.5) is 0 Å². The van der Waals surface area contributed by atoms with Gasteiger partial charge in [-0.1, -0.05) is 12.1 Å². The second-order valence-corrected chi connectivity index (χ2v) is 3.80. The van der Waals surface area contributed by atoms with Crippen molar-refractivity contribution in [2.75, 3.05) is 7.11 Å². The highest BCUT2D eigenvalue weighted by Crippen LogP contribution is 2.43. The van der Waals surface area contributed by atoms with Crippen LogP contribution in [0.5, 0.6) is 5.75 Å². The largest absolute Gasteiger partial charge is 0.493 e. The SMILES string of the molecule is COc1cccc2cc(C3CC3)oc12. The van der Waals surface area contributed by atoms with Gasteiger partial charge in [0.15, 0.2) is 11.3 Å². The molecule has 3 rings (SSSR count). The molecule has 1 aliphatic carbocycles. The molecule has 0 spiro atoms. The van der Waals surface area contributed by atoms with Crippen molar-refractivity contribution in [1.82, 2.24) is 0 Å². The van der Waals surface area contributed by atoms with Crippen LogP contribution in [-0.2, 0) is 0 Å². The number of para-hydroxylation sites is 1. The lowest BCUT2D eigenvalue weighted by molar-refractivity contribution is 0.407. The lowest BCUT2D eigenvalue weighted by atomic mass is 10.2. The van der Waals surface area contributed by atoms with Gasteiger partial charge in [0.05, 0.1) is 7.11 Å². The van der Waals surface area contributed by atoms with Crippen molar-refractivity contribution in [3.63, 3.8) is 0 Å². The summed E-state index contributed by atoms with van der Waals surface area (Å²) in [7, 11) is 1.67. The van der Waals surface area contributed by atoms with Gasteiger partial charge in [0.25, 0.3) is 0 Å². The molecule has 1 aliphatic rings. The molecule has 1 saturated carbocycles.